The van der Waals surface area contributed by atoms with Crippen LogP contribution in [-0.4, -0.2) is 52.8 Å². The van der Waals surface area contributed by atoms with Gasteiger partial charge in [0.05, 0.1) is 18.2 Å². The van der Waals surface area contributed by atoms with Crippen LogP contribution in [0.5, 0.6) is 0 Å². The largest absolute Gasteiger partial charge is 0.381 e. The van der Waals surface area contributed by atoms with Crippen molar-refractivity contribution >= 4 is 33.6 Å². The molecule has 0 bridgehead atoms. The fourth-order valence-corrected chi connectivity index (χ4v) is 4.33. The summed E-state index contributed by atoms with van der Waals surface area (Å²) in [5.74, 6) is -1.09. The Morgan fingerprint density at radius 3 is 2.91 bits per heavy atom. The Kier molecular flexibility index (Phi) is 5.55. The van der Waals surface area contributed by atoms with Crippen molar-refractivity contribution in [2.75, 3.05) is 19.8 Å². The molecule has 33 heavy (non-hydrogen) atoms. The van der Waals surface area contributed by atoms with Crippen molar-refractivity contribution in [3.8, 4) is 0 Å². The molecule has 4 N–H and O–H groups in total. The minimum absolute atomic E-state index is 0.0427. The molecule has 2 amide bonds. The lowest BCUT2D eigenvalue weighted by Gasteiger charge is -2.23. The molecule has 1 saturated heterocycles. The van der Waals surface area contributed by atoms with Gasteiger partial charge in [-0.2, -0.15) is 5.10 Å². The van der Waals surface area contributed by atoms with Crippen molar-refractivity contribution in [3.05, 3.63) is 65.2 Å². The average Bonchev–Trinajstić information content (AvgIpc) is 3.55. The number of ether oxygens (including phenoxy) is 1. The van der Waals surface area contributed by atoms with E-state index in [1.54, 1.807) is 6.07 Å². The summed E-state index contributed by atoms with van der Waals surface area (Å²) >= 11 is 0. The lowest BCUT2D eigenvalue weighted by molar-refractivity contribution is 0.0882. The quantitative estimate of drug-likeness (QED) is 0.362. The number of benzene rings is 2. The number of amides is 2. The van der Waals surface area contributed by atoms with E-state index in [0.29, 0.717) is 29.8 Å². The zero-order chi connectivity index (χ0) is 22.9. The zero-order valence-corrected chi connectivity index (χ0v) is 18.1. The van der Waals surface area contributed by atoms with Crippen molar-refractivity contribution in [1.29, 1.82) is 0 Å². The molecule has 4 aromatic rings. The molecule has 1 aliphatic rings. The number of carbonyl (C=O) groups excluding carboxylic acids is 2. The van der Waals surface area contributed by atoms with Crippen LogP contribution in [0.1, 0.15) is 33.0 Å². The van der Waals surface area contributed by atoms with Crippen LogP contribution in [0.3, 0.4) is 0 Å². The number of aryl methyl sites for hydroxylation is 1. The second-order valence-electron chi connectivity index (χ2n) is 8.40. The summed E-state index contributed by atoms with van der Waals surface area (Å²) in [6.07, 6.45) is 0.766. The van der Waals surface area contributed by atoms with Gasteiger partial charge in [-0.1, -0.05) is 18.2 Å². The molecule has 2 aromatic heterocycles. The molecule has 5 rings (SSSR count). The third-order valence-corrected chi connectivity index (χ3v) is 6.18. The van der Waals surface area contributed by atoms with Gasteiger partial charge in [0.15, 0.2) is 5.69 Å². The van der Waals surface area contributed by atoms with E-state index < -0.39 is 11.7 Å². The second-order valence-corrected chi connectivity index (χ2v) is 8.40. The molecule has 2 atom stereocenters. The highest BCUT2D eigenvalue weighted by molar-refractivity contribution is 6.05. The number of carbonyl (C=O) groups is 2. The Morgan fingerprint density at radius 1 is 1.24 bits per heavy atom. The molecule has 2 unspecified atom stereocenters. The summed E-state index contributed by atoms with van der Waals surface area (Å²) in [5.41, 5.74) is 3.13. The summed E-state index contributed by atoms with van der Waals surface area (Å²) in [6, 6.07) is 11.5. The Bertz CT molecular complexity index is 1340. The molecule has 3 heterocycles. The van der Waals surface area contributed by atoms with Gasteiger partial charge in [-0.05, 0) is 43.2 Å². The number of H-pyrrole nitrogens is 2. The van der Waals surface area contributed by atoms with Crippen LogP contribution in [0.4, 0.5) is 4.39 Å². The lowest BCUT2D eigenvalue weighted by Crippen LogP contribution is -2.48. The standard InChI is InChI=1S/C24H24FN5O3/c1-13-3-2-4-14-9-19(27-21(13)14)23(31)26-11-20(15-7-8-33-12-15)28-24(32)22-17-10-16(25)5-6-18(17)29-30-22/h2-6,9-10,15,20,27H,7-8,11-12H2,1H3,(H,26,31)(H,28,32)(H,29,30). The van der Waals surface area contributed by atoms with Crippen molar-refractivity contribution in [2.45, 2.75) is 19.4 Å². The summed E-state index contributed by atoms with van der Waals surface area (Å²) < 4.78 is 19.2. The van der Waals surface area contributed by atoms with Gasteiger partial charge in [-0.3, -0.25) is 14.7 Å². The minimum Gasteiger partial charge on any atom is -0.381 e. The molecule has 0 radical (unpaired) electrons. The van der Waals surface area contributed by atoms with Gasteiger partial charge >= 0.3 is 0 Å². The molecule has 8 nitrogen and oxygen atoms in total. The molecule has 2 aromatic carbocycles. The maximum Gasteiger partial charge on any atom is 0.272 e. The van der Waals surface area contributed by atoms with Crippen LogP contribution >= 0.6 is 0 Å². The van der Waals surface area contributed by atoms with Crippen LogP contribution in [-0.2, 0) is 4.74 Å². The van der Waals surface area contributed by atoms with Gasteiger partial charge < -0.3 is 20.4 Å². The first kappa shape index (κ1) is 21.1. The number of nitrogens with zero attached hydrogens (tertiary/aromatic N) is 1. The Hall–Kier alpha value is -3.72. The van der Waals surface area contributed by atoms with Gasteiger partial charge in [-0.15, -0.1) is 0 Å². The van der Waals surface area contributed by atoms with E-state index in [1.165, 1.54) is 12.1 Å². The van der Waals surface area contributed by atoms with Crippen molar-refractivity contribution < 1.29 is 18.7 Å². The highest BCUT2D eigenvalue weighted by atomic mass is 19.1. The molecule has 1 aliphatic heterocycles. The predicted molar refractivity (Wildman–Crippen MR) is 122 cm³/mol. The number of para-hydroxylation sites is 1. The van der Waals surface area contributed by atoms with Crippen molar-refractivity contribution in [1.82, 2.24) is 25.8 Å². The van der Waals surface area contributed by atoms with E-state index in [-0.39, 0.29) is 30.1 Å². The highest BCUT2D eigenvalue weighted by Gasteiger charge is 2.29. The molecule has 0 saturated carbocycles. The van der Waals surface area contributed by atoms with Crippen molar-refractivity contribution in [2.24, 2.45) is 5.92 Å². The maximum atomic E-state index is 13.7. The number of aromatic nitrogens is 3. The fourth-order valence-electron chi connectivity index (χ4n) is 4.33. The first-order valence-electron chi connectivity index (χ1n) is 10.9. The number of hydrogen-bond acceptors (Lipinski definition) is 4. The Balaban J connectivity index is 1.32. The molecule has 0 spiro atoms. The van der Waals surface area contributed by atoms with Gasteiger partial charge in [0.2, 0.25) is 0 Å². The lowest BCUT2D eigenvalue weighted by atomic mass is 9.98. The van der Waals surface area contributed by atoms with Crippen LogP contribution in [0, 0.1) is 18.7 Å². The van der Waals surface area contributed by atoms with E-state index in [4.69, 9.17) is 4.74 Å². The van der Waals surface area contributed by atoms with E-state index >= 15 is 0 Å². The molecular weight excluding hydrogens is 425 g/mol. The van der Waals surface area contributed by atoms with Gasteiger partial charge in [-0.25, -0.2) is 4.39 Å². The van der Waals surface area contributed by atoms with Crippen molar-refractivity contribution in [3.63, 3.8) is 0 Å². The number of halogens is 1. The second kappa shape index (κ2) is 8.67. The van der Waals surface area contributed by atoms with E-state index in [9.17, 15) is 14.0 Å². The number of nitrogens with one attached hydrogen (secondary N) is 4. The summed E-state index contributed by atoms with van der Waals surface area (Å²) in [7, 11) is 0. The summed E-state index contributed by atoms with van der Waals surface area (Å²) in [6.45, 7) is 3.30. The predicted octanol–water partition coefficient (Wildman–Crippen LogP) is 3.06. The monoisotopic (exact) mass is 449 g/mol. The van der Waals surface area contributed by atoms with E-state index in [2.05, 4.69) is 25.8 Å². The zero-order valence-electron chi connectivity index (χ0n) is 18.1. The number of fused-ring (bicyclic) bond motifs is 2. The first-order chi connectivity index (χ1) is 16.0. The number of hydrogen-bond donors (Lipinski definition) is 4. The van der Waals surface area contributed by atoms with E-state index in [0.717, 1.165) is 22.9 Å². The average molecular weight is 449 g/mol. The van der Waals surface area contributed by atoms with Gasteiger partial charge in [0.25, 0.3) is 11.8 Å². The third-order valence-electron chi connectivity index (χ3n) is 6.18. The molecular formula is C24H24FN5O3. The van der Waals surface area contributed by atoms with Gasteiger partial charge in [0.1, 0.15) is 11.5 Å². The number of rotatable bonds is 6. The van der Waals surface area contributed by atoms with Crippen LogP contribution in [0.2, 0.25) is 0 Å². The van der Waals surface area contributed by atoms with Gasteiger partial charge in [0, 0.05) is 35.4 Å². The number of aromatic amines is 2. The first-order valence-corrected chi connectivity index (χ1v) is 10.9. The highest BCUT2D eigenvalue weighted by Crippen LogP contribution is 2.21. The Morgan fingerprint density at radius 2 is 2.12 bits per heavy atom. The molecule has 9 heteroatoms. The topological polar surface area (TPSA) is 112 Å². The minimum atomic E-state index is -0.445. The van der Waals surface area contributed by atoms with Crippen LogP contribution in [0.15, 0.2) is 42.5 Å². The fraction of sp³-hybridized carbons (Fsp3) is 0.292. The molecule has 1 fully saturated rings. The van der Waals surface area contributed by atoms with Crippen LogP contribution in [0.25, 0.3) is 21.8 Å². The molecule has 0 aliphatic carbocycles. The maximum absolute atomic E-state index is 13.7. The summed E-state index contributed by atoms with van der Waals surface area (Å²) in [5, 5.41) is 14.1. The van der Waals surface area contributed by atoms with E-state index in [1.807, 2.05) is 31.2 Å². The van der Waals surface area contributed by atoms with Crippen LogP contribution < -0.4 is 10.6 Å². The summed E-state index contributed by atoms with van der Waals surface area (Å²) in [4.78, 5) is 29.0. The Labute approximate surface area is 188 Å². The smallest absolute Gasteiger partial charge is 0.272 e. The SMILES string of the molecule is Cc1cccc2cc(C(=O)NCC(NC(=O)c3n[nH]c4ccc(F)cc34)C3CCOC3)[nH]c12. The molecule has 170 valence electrons. The normalized spacial score (nSPS) is 16.8. The third kappa shape index (κ3) is 4.19.